The zero-order valence-electron chi connectivity index (χ0n) is 15.3. The zero-order valence-corrected chi connectivity index (χ0v) is 15.3. The number of rotatable bonds is 6. The van der Waals surface area contributed by atoms with Crippen LogP contribution in [0, 0.1) is 0 Å². The lowest BCUT2D eigenvalue weighted by Gasteiger charge is -2.45. The molecule has 0 amide bonds. The molecule has 2 aliphatic heterocycles. The molecular formula is C18H26O11. The average molecular weight is 418 g/mol. The van der Waals surface area contributed by atoms with Crippen molar-refractivity contribution in [3.63, 3.8) is 0 Å². The van der Waals surface area contributed by atoms with Gasteiger partial charge in [-0.2, -0.15) is 0 Å². The molecule has 164 valence electrons. The van der Waals surface area contributed by atoms with E-state index in [0.717, 1.165) is 0 Å². The number of aliphatic hydroxyl groups is 7. The van der Waals surface area contributed by atoms with E-state index in [1.54, 1.807) is 30.3 Å². The van der Waals surface area contributed by atoms with Gasteiger partial charge in [-0.3, -0.25) is 0 Å². The quantitative estimate of drug-likeness (QED) is 0.246. The third-order valence-corrected chi connectivity index (χ3v) is 4.96. The van der Waals surface area contributed by atoms with Crippen LogP contribution >= 0.6 is 0 Å². The highest BCUT2D eigenvalue weighted by molar-refractivity contribution is 5.21. The lowest BCUT2D eigenvalue weighted by molar-refractivity contribution is -0.357. The van der Waals surface area contributed by atoms with Gasteiger partial charge in [-0.05, 0) is 12.1 Å². The molecule has 2 heterocycles. The maximum atomic E-state index is 10.5. The Bertz CT molecular complexity index is 629. The van der Waals surface area contributed by atoms with Crippen molar-refractivity contribution in [1.82, 2.24) is 0 Å². The van der Waals surface area contributed by atoms with Gasteiger partial charge in [0.15, 0.2) is 12.4 Å². The minimum atomic E-state index is -1.72. The predicted molar refractivity (Wildman–Crippen MR) is 93.5 cm³/mol. The molecule has 0 bridgehead atoms. The normalized spacial score (nSPS) is 43.1. The number of para-hydroxylation sites is 1. The summed E-state index contributed by atoms with van der Waals surface area (Å²) in [7, 11) is 0. The van der Waals surface area contributed by atoms with E-state index < -0.39 is 74.6 Å². The SMILES string of the molecule is OC[C@@H]1O[C@@H](O[C@H]2[C@H](Oc3ccccc3)O[C@H](CO)[C@@H](O)[C@@H]2O)[C@H](O)[C@@H](O)[C@@H]1O. The smallest absolute Gasteiger partial charge is 0.229 e. The molecule has 2 saturated heterocycles. The van der Waals surface area contributed by atoms with Crippen molar-refractivity contribution >= 4 is 0 Å². The van der Waals surface area contributed by atoms with Crippen molar-refractivity contribution in [3.05, 3.63) is 30.3 Å². The second-order valence-corrected chi connectivity index (χ2v) is 6.94. The highest BCUT2D eigenvalue weighted by Crippen LogP contribution is 2.30. The Morgan fingerprint density at radius 3 is 1.83 bits per heavy atom. The van der Waals surface area contributed by atoms with Crippen LogP contribution in [0.2, 0.25) is 0 Å². The summed E-state index contributed by atoms with van der Waals surface area (Å²) in [5, 5.41) is 69.3. The van der Waals surface area contributed by atoms with E-state index in [4.69, 9.17) is 18.9 Å². The Kier molecular flexibility index (Phi) is 7.40. The van der Waals surface area contributed by atoms with Gasteiger partial charge in [0.25, 0.3) is 0 Å². The van der Waals surface area contributed by atoms with Gasteiger partial charge in [0.2, 0.25) is 6.29 Å². The Morgan fingerprint density at radius 2 is 1.24 bits per heavy atom. The summed E-state index contributed by atoms with van der Waals surface area (Å²) < 4.78 is 22.0. The maximum Gasteiger partial charge on any atom is 0.229 e. The molecule has 11 heteroatoms. The molecule has 7 N–H and O–H groups in total. The second-order valence-electron chi connectivity index (χ2n) is 6.94. The number of hydrogen-bond donors (Lipinski definition) is 7. The summed E-state index contributed by atoms with van der Waals surface area (Å²) in [5.41, 5.74) is 0. The number of hydrogen-bond acceptors (Lipinski definition) is 11. The van der Waals surface area contributed by atoms with Crippen LogP contribution in [0.1, 0.15) is 0 Å². The molecule has 0 spiro atoms. The van der Waals surface area contributed by atoms with Gasteiger partial charge in [0.1, 0.15) is 48.5 Å². The van der Waals surface area contributed by atoms with Gasteiger partial charge in [-0.25, -0.2) is 0 Å². The van der Waals surface area contributed by atoms with Gasteiger partial charge in [-0.15, -0.1) is 0 Å². The molecule has 0 aromatic heterocycles. The molecule has 2 fully saturated rings. The first-order chi connectivity index (χ1) is 13.9. The van der Waals surface area contributed by atoms with E-state index >= 15 is 0 Å². The summed E-state index contributed by atoms with van der Waals surface area (Å²) in [6.45, 7) is -1.26. The summed E-state index contributed by atoms with van der Waals surface area (Å²) in [5.74, 6) is 0.347. The summed E-state index contributed by atoms with van der Waals surface area (Å²) >= 11 is 0. The standard InChI is InChI=1S/C18H26O11/c19-6-9-11(21)13(23)15(25)17(27-9)29-16-14(24)12(22)10(7-20)28-18(16)26-8-4-2-1-3-5-8/h1-5,9-25H,6-7H2/t9-,10+,11+,12+,13-,14-,15+,16+,17-,18+/m0/s1. The summed E-state index contributed by atoms with van der Waals surface area (Å²) in [6.07, 6.45) is -14.8. The van der Waals surface area contributed by atoms with Crippen LogP contribution in [0.3, 0.4) is 0 Å². The van der Waals surface area contributed by atoms with Gasteiger partial charge in [-0.1, -0.05) is 18.2 Å². The van der Waals surface area contributed by atoms with E-state index in [-0.39, 0.29) is 0 Å². The fourth-order valence-corrected chi connectivity index (χ4v) is 3.26. The molecule has 3 rings (SSSR count). The van der Waals surface area contributed by atoms with Crippen LogP contribution in [0.25, 0.3) is 0 Å². The topological polar surface area (TPSA) is 179 Å². The van der Waals surface area contributed by atoms with Crippen molar-refractivity contribution in [2.75, 3.05) is 13.2 Å². The maximum absolute atomic E-state index is 10.5. The molecule has 11 nitrogen and oxygen atoms in total. The molecule has 1 aromatic carbocycles. The van der Waals surface area contributed by atoms with Crippen LogP contribution in [0.4, 0.5) is 0 Å². The van der Waals surface area contributed by atoms with Gasteiger partial charge in [0, 0.05) is 0 Å². The predicted octanol–water partition coefficient (Wildman–Crippen LogP) is -3.31. The van der Waals surface area contributed by atoms with E-state index in [2.05, 4.69) is 0 Å². The third-order valence-electron chi connectivity index (χ3n) is 4.96. The molecule has 0 saturated carbocycles. The van der Waals surface area contributed by atoms with Gasteiger partial charge in [0.05, 0.1) is 13.2 Å². The van der Waals surface area contributed by atoms with Crippen molar-refractivity contribution in [3.8, 4) is 5.75 Å². The summed E-state index contributed by atoms with van der Waals surface area (Å²) in [6, 6.07) is 8.37. The van der Waals surface area contributed by atoms with Crippen LogP contribution in [0.15, 0.2) is 30.3 Å². The zero-order chi connectivity index (χ0) is 21.1. The fraction of sp³-hybridized carbons (Fsp3) is 0.667. The molecule has 0 unspecified atom stereocenters. The summed E-state index contributed by atoms with van der Waals surface area (Å²) in [4.78, 5) is 0. The molecule has 10 atom stereocenters. The minimum absolute atomic E-state index is 0.347. The van der Waals surface area contributed by atoms with Crippen LogP contribution in [-0.2, 0) is 14.2 Å². The first-order valence-corrected chi connectivity index (χ1v) is 9.17. The van der Waals surface area contributed by atoms with Gasteiger partial charge < -0.3 is 54.7 Å². The third kappa shape index (κ3) is 4.70. The highest BCUT2D eigenvalue weighted by Gasteiger charge is 2.51. The lowest BCUT2D eigenvalue weighted by Crippen LogP contribution is -2.65. The molecule has 0 radical (unpaired) electrons. The van der Waals surface area contributed by atoms with Crippen molar-refractivity contribution < 1.29 is 54.7 Å². The Hall–Kier alpha value is -1.38. The Morgan fingerprint density at radius 1 is 0.690 bits per heavy atom. The van der Waals surface area contributed by atoms with E-state index in [9.17, 15) is 35.7 Å². The Labute approximate surface area is 166 Å². The van der Waals surface area contributed by atoms with E-state index in [0.29, 0.717) is 5.75 Å². The molecule has 0 aliphatic carbocycles. The number of ether oxygens (including phenoxy) is 4. The first kappa shape index (κ1) is 22.3. The average Bonchev–Trinajstić information content (AvgIpc) is 2.73. The first-order valence-electron chi connectivity index (χ1n) is 9.17. The van der Waals surface area contributed by atoms with Crippen molar-refractivity contribution in [1.29, 1.82) is 0 Å². The van der Waals surface area contributed by atoms with Crippen molar-refractivity contribution in [2.24, 2.45) is 0 Å². The van der Waals surface area contributed by atoms with Gasteiger partial charge >= 0.3 is 0 Å². The monoisotopic (exact) mass is 418 g/mol. The van der Waals surface area contributed by atoms with Crippen LogP contribution in [0.5, 0.6) is 5.75 Å². The molecule has 2 aliphatic rings. The van der Waals surface area contributed by atoms with E-state index in [1.807, 2.05) is 0 Å². The minimum Gasteiger partial charge on any atom is -0.462 e. The number of benzene rings is 1. The van der Waals surface area contributed by atoms with Crippen molar-refractivity contribution in [2.45, 2.75) is 61.4 Å². The molecule has 1 aromatic rings. The van der Waals surface area contributed by atoms with E-state index in [1.165, 1.54) is 0 Å². The second kappa shape index (κ2) is 9.62. The highest BCUT2D eigenvalue weighted by atomic mass is 16.8. The Balaban J connectivity index is 1.80. The molecule has 29 heavy (non-hydrogen) atoms. The van der Waals surface area contributed by atoms with Crippen LogP contribution < -0.4 is 4.74 Å². The molecular weight excluding hydrogens is 392 g/mol. The fourth-order valence-electron chi connectivity index (χ4n) is 3.26. The lowest BCUT2D eigenvalue weighted by atomic mass is 9.97. The largest absolute Gasteiger partial charge is 0.462 e. The number of aliphatic hydroxyl groups excluding tert-OH is 7. The van der Waals surface area contributed by atoms with Crippen LogP contribution in [-0.4, -0.2) is 110 Å².